The first-order chi connectivity index (χ1) is 8.78. The molecule has 0 aliphatic rings. The number of halogens is 2. The molecule has 0 fully saturated rings. The van der Waals surface area contributed by atoms with Crippen molar-refractivity contribution in [3.05, 3.63) is 29.8 Å². The van der Waals surface area contributed by atoms with E-state index in [4.69, 9.17) is 5.73 Å². The minimum Gasteiger partial charge on any atom is -0.469 e. The number of hydrogen-bond donors (Lipinski definition) is 1. The van der Waals surface area contributed by atoms with Gasteiger partial charge in [0, 0.05) is 6.04 Å². The molecular formula is C13H17F2NO3. The van der Waals surface area contributed by atoms with Crippen molar-refractivity contribution >= 4 is 5.97 Å². The summed E-state index contributed by atoms with van der Waals surface area (Å²) in [6, 6.07) is 5.28. The first-order valence-electron chi connectivity index (χ1n) is 5.67. The molecule has 1 atom stereocenters. The molecule has 19 heavy (non-hydrogen) atoms. The summed E-state index contributed by atoms with van der Waals surface area (Å²) in [6.07, 6.45) is 0. The van der Waals surface area contributed by atoms with Gasteiger partial charge in [-0.05, 0) is 31.5 Å². The minimum atomic E-state index is -2.90. The van der Waals surface area contributed by atoms with Crippen molar-refractivity contribution in [1.29, 1.82) is 0 Å². The van der Waals surface area contributed by atoms with Crippen LogP contribution in [0.2, 0.25) is 0 Å². The lowest BCUT2D eigenvalue weighted by Gasteiger charge is -2.29. The van der Waals surface area contributed by atoms with E-state index in [1.54, 1.807) is 26.0 Å². The Morgan fingerprint density at radius 3 is 2.53 bits per heavy atom. The third kappa shape index (κ3) is 3.64. The van der Waals surface area contributed by atoms with Crippen LogP contribution >= 0.6 is 0 Å². The largest absolute Gasteiger partial charge is 0.469 e. The molecule has 0 bridgehead atoms. The Labute approximate surface area is 110 Å². The van der Waals surface area contributed by atoms with Crippen molar-refractivity contribution in [1.82, 2.24) is 0 Å². The van der Waals surface area contributed by atoms with Gasteiger partial charge in [0.2, 0.25) is 0 Å². The van der Waals surface area contributed by atoms with Gasteiger partial charge in [-0.25, -0.2) is 0 Å². The number of esters is 1. The average Bonchev–Trinajstić information content (AvgIpc) is 2.36. The number of alkyl halides is 2. The summed E-state index contributed by atoms with van der Waals surface area (Å²) in [5.41, 5.74) is 5.55. The fourth-order valence-corrected chi connectivity index (χ4v) is 1.69. The number of benzene rings is 1. The van der Waals surface area contributed by atoms with Crippen molar-refractivity contribution in [3.63, 3.8) is 0 Å². The minimum absolute atomic E-state index is 0.00335. The van der Waals surface area contributed by atoms with E-state index in [1.807, 2.05) is 0 Å². The molecule has 0 unspecified atom stereocenters. The molecule has 0 spiro atoms. The Hall–Kier alpha value is -1.69. The van der Waals surface area contributed by atoms with Gasteiger partial charge in [-0.2, -0.15) is 8.78 Å². The topological polar surface area (TPSA) is 61.5 Å². The third-order valence-corrected chi connectivity index (χ3v) is 2.93. The number of hydrogen-bond acceptors (Lipinski definition) is 4. The predicted octanol–water partition coefficient (Wildman–Crippen LogP) is 2.49. The maximum absolute atomic E-state index is 12.1. The summed E-state index contributed by atoms with van der Waals surface area (Å²) in [4.78, 5) is 11.7. The Morgan fingerprint density at radius 1 is 1.37 bits per heavy atom. The molecule has 2 N–H and O–H groups in total. The van der Waals surface area contributed by atoms with Crippen molar-refractivity contribution in [2.45, 2.75) is 26.5 Å². The molecule has 0 saturated heterocycles. The monoisotopic (exact) mass is 273 g/mol. The van der Waals surface area contributed by atoms with Crippen molar-refractivity contribution in [2.75, 3.05) is 7.11 Å². The highest BCUT2D eigenvalue weighted by Gasteiger charge is 2.36. The molecule has 0 amide bonds. The lowest BCUT2D eigenvalue weighted by Crippen LogP contribution is -2.37. The SMILES string of the molecule is COC(=O)C(C)(C)[C@H](N)c1cccc(OC(F)F)c1. The Kier molecular flexibility index (Phi) is 4.83. The number of ether oxygens (including phenoxy) is 2. The number of methoxy groups -OCH3 is 1. The quantitative estimate of drug-likeness (QED) is 0.837. The fourth-order valence-electron chi connectivity index (χ4n) is 1.69. The summed E-state index contributed by atoms with van der Waals surface area (Å²) in [6.45, 7) is 0.356. The van der Waals surface area contributed by atoms with Gasteiger partial charge in [0.05, 0.1) is 12.5 Å². The molecule has 4 nitrogen and oxygen atoms in total. The second-order valence-electron chi connectivity index (χ2n) is 4.64. The van der Waals surface area contributed by atoms with Gasteiger partial charge in [0.1, 0.15) is 5.75 Å². The summed E-state index contributed by atoms with van der Waals surface area (Å²) < 4.78 is 33.3. The van der Waals surface area contributed by atoms with Gasteiger partial charge in [0.25, 0.3) is 0 Å². The zero-order chi connectivity index (χ0) is 14.6. The van der Waals surface area contributed by atoms with Gasteiger partial charge in [-0.1, -0.05) is 12.1 Å². The van der Waals surface area contributed by atoms with Crippen molar-refractivity contribution in [3.8, 4) is 5.75 Å². The van der Waals surface area contributed by atoms with Gasteiger partial charge < -0.3 is 15.2 Å². The van der Waals surface area contributed by atoms with Crippen LogP contribution in [0.5, 0.6) is 5.75 Å². The fraction of sp³-hybridized carbons (Fsp3) is 0.462. The van der Waals surface area contributed by atoms with Crippen LogP contribution in [0.25, 0.3) is 0 Å². The molecule has 0 aromatic heterocycles. The third-order valence-electron chi connectivity index (χ3n) is 2.93. The van der Waals surface area contributed by atoms with Crippen molar-refractivity contribution < 1.29 is 23.0 Å². The number of rotatable bonds is 5. The zero-order valence-corrected chi connectivity index (χ0v) is 11.0. The standard InChI is InChI=1S/C13H17F2NO3/c1-13(2,11(17)18-3)10(16)8-5-4-6-9(7-8)19-12(14)15/h4-7,10,12H,16H2,1-3H3/t10-/m1/s1. The van der Waals surface area contributed by atoms with Gasteiger partial charge in [-0.3, -0.25) is 4.79 Å². The van der Waals surface area contributed by atoms with E-state index in [2.05, 4.69) is 9.47 Å². The first kappa shape index (κ1) is 15.4. The van der Waals surface area contributed by atoms with E-state index in [9.17, 15) is 13.6 Å². The lowest BCUT2D eigenvalue weighted by molar-refractivity contribution is -0.152. The number of carbonyl (C=O) groups excluding carboxylic acids is 1. The number of carbonyl (C=O) groups is 1. The molecule has 6 heteroatoms. The molecule has 0 saturated carbocycles. The van der Waals surface area contributed by atoms with Crippen LogP contribution in [0, 0.1) is 5.41 Å². The van der Waals surface area contributed by atoms with E-state index >= 15 is 0 Å². The molecular weight excluding hydrogens is 256 g/mol. The van der Waals surface area contributed by atoms with E-state index in [1.165, 1.54) is 19.2 Å². The summed E-state index contributed by atoms with van der Waals surface area (Å²) >= 11 is 0. The maximum atomic E-state index is 12.1. The van der Waals surface area contributed by atoms with Gasteiger partial charge in [-0.15, -0.1) is 0 Å². The summed E-state index contributed by atoms with van der Waals surface area (Å²) in [5.74, 6) is -0.469. The van der Waals surface area contributed by atoms with Crippen molar-refractivity contribution in [2.24, 2.45) is 11.1 Å². The molecule has 0 radical (unpaired) electrons. The summed E-state index contributed by atoms with van der Waals surface area (Å²) in [5, 5.41) is 0. The van der Waals surface area contributed by atoms with Crippen LogP contribution in [-0.2, 0) is 9.53 Å². The van der Waals surface area contributed by atoms with Crippen LogP contribution in [0.15, 0.2) is 24.3 Å². The van der Waals surface area contributed by atoms with Crippen LogP contribution in [0.4, 0.5) is 8.78 Å². The highest BCUT2D eigenvalue weighted by atomic mass is 19.3. The Balaban J connectivity index is 2.99. The molecule has 106 valence electrons. The molecule has 0 aliphatic carbocycles. The second-order valence-corrected chi connectivity index (χ2v) is 4.64. The van der Waals surface area contributed by atoms with E-state index in [0.717, 1.165) is 0 Å². The average molecular weight is 273 g/mol. The highest BCUT2D eigenvalue weighted by molar-refractivity contribution is 5.77. The molecule has 0 heterocycles. The zero-order valence-electron chi connectivity index (χ0n) is 11.0. The van der Waals surface area contributed by atoms with E-state index < -0.39 is 24.0 Å². The molecule has 1 aromatic rings. The smallest absolute Gasteiger partial charge is 0.387 e. The Bertz CT molecular complexity index is 449. The molecule has 1 aromatic carbocycles. The second kappa shape index (κ2) is 5.97. The highest BCUT2D eigenvalue weighted by Crippen LogP contribution is 2.33. The Morgan fingerprint density at radius 2 is 2.00 bits per heavy atom. The van der Waals surface area contributed by atoms with Crippen LogP contribution in [-0.4, -0.2) is 19.7 Å². The van der Waals surface area contributed by atoms with Gasteiger partial charge >= 0.3 is 12.6 Å². The van der Waals surface area contributed by atoms with Crippen LogP contribution in [0.3, 0.4) is 0 Å². The molecule has 1 rings (SSSR count). The maximum Gasteiger partial charge on any atom is 0.387 e. The van der Waals surface area contributed by atoms with Crippen LogP contribution < -0.4 is 10.5 Å². The van der Waals surface area contributed by atoms with E-state index in [0.29, 0.717) is 5.56 Å². The van der Waals surface area contributed by atoms with Gasteiger partial charge in [0.15, 0.2) is 0 Å². The number of nitrogens with two attached hydrogens (primary N) is 1. The summed E-state index contributed by atoms with van der Waals surface area (Å²) in [7, 11) is 1.27. The predicted molar refractivity (Wildman–Crippen MR) is 65.8 cm³/mol. The van der Waals surface area contributed by atoms with Crippen LogP contribution in [0.1, 0.15) is 25.5 Å². The van der Waals surface area contributed by atoms with E-state index in [-0.39, 0.29) is 5.75 Å². The normalized spacial score (nSPS) is 13.2. The first-order valence-corrected chi connectivity index (χ1v) is 5.67. The lowest BCUT2D eigenvalue weighted by atomic mass is 9.81. The molecule has 0 aliphatic heterocycles.